The van der Waals surface area contributed by atoms with Gasteiger partial charge in [0.2, 0.25) is 5.91 Å². The Bertz CT molecular complexity index is 798. The molecule has 1 aromatic heterocycles. The van der Waals surface area contributed by atoms with Crippen LogP contribution in [0.15, 0.2) is 24.3 Å². The molecule has 2 aliphatic heterocycles. The number of morpholine rings is 1. The second-order valence-corrected chi connectivity index (χ2v) is 9.75. The van der Waals surface area contributed by atoms with Crippen molar-refractivity contribution in [3.05, 3.63) is 29.3 Å². The predicted octanol–water partition coefficient (Wildman–Crippen LogP) is 3.05. The smallest absolute Gasteiger partial charge is 0.234 e. The fourth-order valence-corrected chi connectivity index (χ4v) is 5.47. The second kappa shape index (κ2) is 9.08. The molecule has 29 heavy (non-hydrogen) atoms. The van der Waals surface area contributed by atoms with E-state index in [0.717, 1.165) is 56.2 Å². The molecule has 0 saturated carbocycles. The highest BCUT2D eigenvalue weighted by Gasteiger charge is 2.31. The normalized spacial score (nSPS) is 22.1. The molecule has 6 nitrogen and oxygen atoms in total. The van der Waals surface area contributed by atoms with Gasteiger partial charge in [0, 0.05) is 25.2 Å². The van der Waals surface area contributed by atoms with Crippen molar-refractivity contribution in [3.8, 4) is 0 Å². The number of carbonyl (C=O) groups excluding carboxylic acids is 1. The van der Waals surface area contributed by atoms with Crippen molar-refractivity contribution >= 4 is 27.5 Å². The van der Waals surface area contributed by atoms with E-state index in [-0.39, 0.29) is 17.5 Å². The van der Waals surface area contributed by atoms with Gasteiger partial charge in [-0.2, -0.15) is 0 Å². The number of nitrogens with one attached hydrogen (secondary N) is 1. The van der Waals surface area contributed by atoms with E-state index in [9.17, 15) is 4.79 Å². The molecule has 1 amide bonds. The molecule has 1 atom stereocenters. The predicted molar refractivity (Wildman–Crippen MR) is 117 cm³/mol. The van der Waals surface area contributed by atoms with Crippen LogP contribution in [0.1, 0.15) is 44.2 Å². The van der Waals surface area contributed by atoms with Crippen molar-refractivity contribution in [1.29, 1.82) is 0 Å². The maximum absolute atomic E-state index is 12.8. The molecule has 2 fully saturated rings. The topological polar surface area (TPSA) is 57.7 Å². The number of aromatic nitrogens is 1. The zero-order valence-electron chi connectivity index (χ0n) is 17.5. The number of amides is 1. The monoisotopic (exact) mass is 416 g/mol. The average Bonchev–Trinajstić information content (AvgIpc) is 3.17. The maximum Gasteiger partial charge on any atom is 0.234 e. The molecule has 1 aromatic carbocycles. The van der Waals surface area contributed by atoms with Gasteiger partial charge in [-0.05, 0) is 45.4 Å². The number of carbonyl (C=O) groups is 1. The number of fused-ring (bicyclic) bond motifs is 1. The number of likely N-dealkylation sites (tertiary alicyclic amines) is 1. The third kappa shape index (κ3) is 4.97. The van der Waals surface area contributed by atoms with Gasteiger partial charge >= 0.3 is 0 Å². The molecule has 1 unspecified atom stereocenters. The van der Waals surface area contributed by atoms with Crippen molar-refractivity contribution in [2.45, 2.75) is 44.7 Å². The minimum absolute atomic E-state index is 0.0617. The molecule has 0 aliphatic carbocycles. The molecule has 3 heterocycles. The first-order chi connectivity index (χ1) is 14.0. The van der Waals surface area contributed by atoms with Gasteiger partial charge in [0.15, 0.2) is 0 Å². The van der Waals surface area contributed by atoms with Gasteiger partial charge in [-0.1, -0.05) is 18.6 Å². The van der Waals surface area contributed by atoms with Crippen LogP contribution < -0.4 is 5.32 Å². The number of hydrogen-bond donors (Lipinski definition) is 1. The fourth-order valence-electron chi connectivity index (χ4n) is 4.33. The lowest BCUT2D eigenvalue weighted by atomic mass is 10.0. The maximum atomic E-state index is 12.8. The Morgan fingerprint density at radius 2 is 2.03 bits per heavy atom. The summed E-state index contributed by atoms with van der Waals surface area (Å²) in [5, 5.41) is 4.33. The molecule has 7 heteroatoms. The van der Waals surface area contributed by atoms with Crippen LogP contribution in [0.4, 0.5) is 0 Å². The van der Waals surface area contributed by atoms with Crippen LogP contribution in [0.2, 0.25) is 0 Å². The fraction of sp³-hybridized carbons (Fsp3) is 0.636. The van der Waals surface area contributed by atoms with E-state index in [2.05, 4.69) is 47.2 Å². The first-order valence-electron chi connectivity index (χ1n) is 10.7. The Labute approximate surface area is 177 Å². The van der Waals surface area contributed by atoms with Crippen molar-refractivity contribution in [3.63, 3.8) is 0 Å². The summed E-state index contributed by atoms with van der Waals surface area (Å²) in [5.41, 5.74) is 1.00. The van der Waals surface area contributed by atoms with Gasteiger partial charge in [-0.25, -0.2) is 4.98 Å². The Hall–Kier alpha value is -1.54. The number of nitrogens with zero attached hydrogens (tertiary/aromatic N) is 3. The SMILES string of the molecule is CC(C)(CNC(=O)CN1CCCCC1c1nc2ccccc2s1)N1CCOCC1. The summed E-state index contributed by atoms with van der Waals surface area (Å²) in [6, 6.07) is 8.55. The van der Waals surface area contributed by atoms with Gasteiger partial charge < -0.3 is 10.1 Å². The zero-order valence-corrected chi connectivity index (χ0v) is 18.3. The van der Waals surface area contributed by atoms with E-state index < -0.39 is 0 Å². The van der Waals surface area contributed by atoms with Crippen LogP contribution in [-0.4, -0.2) is 72.2 Å². The standard InChI is InChI=1S/C22H32N4O2S/c1-22(2,26-11-13-28-14-12-26)16-23-20(27)15-25-10-6-5-8-18(25)21-24-17-7-3-4-9-19(17)29-21/h3-4,7,9,18H,5-6,8,10-16H2,1-2H3,(H,23,27). The van der Waals surface area contributed by atoms with Gasteiger partial charge in [0.1, 0.15) is 5.01 Å². The van der Waals surface area contributed by atoms with Crippen LogP contribution in [0.3, 0.4) is 0 Å². The lowest BCUT2D eigenvalue weighted by Gasteiger charge is -2.41. The highest BCUT2D eigenvalue weighted by Crippen LogP contribution is 2.35. The van der Waals surface area contributed by atoms with Gasteiger partial charge in [-0.3, -0.25) is 14.6 Å². The van der Waals surface area contributed by atoms with Crippen LogP contribution >= 0.6 is 11.3 Å². The summed E-state index contributed by atoms with van der Waals surface area (Å²) in [7, 11) is 0. The molecule has 2 aliphatic rings. The molecule has 0 bridgehead atoms. The van der Waals surface area contributed by atoms with Crippen molar-refractivity contribution < 1.29 is 9.53 Å². The van der Waals surface area contributed by atoms with E-state index in [0.29, 0.717) is 13.1 Å². The van der Waals surface area contributed by atoms with E-state index in [1.54, 1.807) is 11.3 Å². The molecule has 1 N–H and O–H groups in total. The van der Waals surface area contributed by atoms with Crippen molar-refractivity contribution in [1.82, 2.24) is 20.1 Å². The molecule has 0 spiro atoms. The molecule has 4 rings (SSSR count). The van der Waals surface area contributed by atoms with E-state index in [4.69, 9.17) is 9.72 Å². The largest absolute Gasteiger partial charge is 0.379 e. The first-order valence-corrected chi connectivity index (χ1v) is 11.5. The number of piperidine rings is 1. The summed E-state index contributed by atoms with van der Waals surface area (Å²) in [6.45, 7) is 9.85. The third-order valence-electron chi connectivity index (χ3n) is 6.14. The minimum atomic E-state index is -0.0617. The Morgan fingerprint density at radius 3 is 2.83 bits per heavy atom. The lowest BCUT2D eigenvalue weighted by molar-refractivity contribution is -0.124. The summed E-state index contributed by atoms with van der Waals surface area (Å²) < 4.78 is 6.68. The van der Waals surface area contributed by atoms with E-state index >= 15 is 0 Å². The number of thiazole rings is 1. The Kier molecular flexibility index (Phi) is 6.49. The zero-order chi connectivity index (χ0) is 20.3. The second-order valence-electron chi connectivity index (χ2n) is 8.69. The van der Waals surface area contributed by atoms with Crippen LogP contribution in [-0.2, 0) is 9.53 Å². The number of hydrogen-bond acceptors (Lipinski definition) is 6. The minimum Gasteiger partial charge on any atom is -0.379 e. The molecule has 158 valence electrons. The van der Waals surface area contributed by atoms with Gasteiger partial charge in [-0.15, -0.1) is 11.3 Å². The molecular weight excluding hydrogens is 384 g/mol. The van der Waals surface area contributed by atoms with Gasteiger partial charge in [0.25, 0.3) is 0 Å². The number of ether oxygens (including phenoxy) is 1. The Morgan fingerprint density at radius 1 is 1.24 bits per heavy atom. The molecule has 2 aromatic rings. The van der Waals surface area contributed by atoms with Crippen LogP contribution in [0.25, 0.3) is 10.2 Å². The number of rotatable bonds is 6. The highest BCUT2D eigenvalue weighted by molar-refractivity contribution is 7.18. The molecule has 2 saturated heterocycles. The summed E-state index contributed by atoms with van der Waals surface area (Å²) >= 11 is 1.77. The quantitative estimate of drug-likeness (QED) is 0.784. The van der Waals surface area contributed by atoms with E-state index in [1.165, 1.54) is 11.1 Å². The first kappa shape index (κ1) is 20.7. The Balaban J connectivity index is 1.36. The summed E-state index contributed by atoms with van der Waals surface area (Å²) in [6.07, 6.45) is 3.42. The van der Waals surface area contributed by atoms with E-state index in [1.807, 2.05) is 6.07 Å². The lowest BCUT2D eigenvalue weighted by Crippen LogP contribution is -2.56. The third-order valence-corrected chi connectivity index (χ3v) is 7.28. The van der Waals surface area contributed by atoms with Gasteiger partial charge in [0.05, 0.1) is 36.0 Å². The van der Waals surface area contributed by atoms with Crippen molar-refractivity contribution in [2.24, 2.45) is 0 Å². The van der Waals surface area contributed by atoms with Crippen LogP contribution in [0, 0.1) is 0 Å². The number of para-hydroxylation sites is 1. The number of benzene rings is 1. The molecule has 0 radical (unpaired) electrons. The average molecular weight is 417 g/mol. The van der Waals surface area contributed by atoms with Crippen LogP contribution in [0.5, 0.6) is 0 Å². The molecular formula is C22H32N4O2S. The highest BCUT2D eigenvalue weighted by atomic mass is 32.1. The van der Waals surface area contributed by atoms with Crippen molar-refractivity contribution in [2.75, 3.05) is 45.9 Å². The summed E-state index contributed by atoms with van der Waals surface area (Å²) in [5.74, 6) is 0.111. The summed E-state index contributed by atoms with van der Waals surface area (Å²) in [4.78, 5) is 22.4.